The summed E-state index contributed by atoms with van der Waals surface area (Å²) < 4.78 is 0. The molecule has 0 radical (unpaired) electrons. The van der Waals surface area contributed by atoms with Crippen LogP contribution < -0.4 is 0 Å². The summed E-state index contributed by atoms with van der Waals surface area (Å²) in [5.41, 5.74) is 2.86. The second-order valence-corrected chi connectivity index (χ2v) is 12.5. The Balaban J connectivity index is 1.43. The molecule has 1 amide bonds. The van der Waals surface area contributed by atoms with Crippen molar-refractivity contribution in [3.8, 4) is 0 Å². The Hall–Kier alpha value is -1.81. The van der Waals surface area contributed by atoms with E-state index in [-0.39, 0.29) is 22.3 Å². The lowest BCUT2D eigenvalue weighted by molar-refractivity contribution is -0.224. The summed E-state index contributed by atoms with van der Waals surface area (Å²) in [5, 5.41) is 10.3. The average Bonchev–Trinajstić information content (AvgIpc) is 2.64. The minimum atomic E-state index is -0.704. The number of carboxylic acid groups (broad SMARTS) is 1. The van der Waals surface area contributed by atoms with Gasteiger partial charge >= 0.3 is 5.97 Å². The summed E-state index contributed by atoms with van der Waals surface area (Å²) in [6.07, 6.45) is 10.6. The number of hydrogen-bond acceptors (Lipinski definition) is 2. The van der Waals surface area contributed by atoms with Crippen molar-refractivity contribution >= 4 is 23.5 Å². The number of aliphatic carboxylic acids is 1. The Labute approximate surface area is 196 Å². The molecule has 32 heavy (non-hydrogen) atoms. The Morgan fingerprint density at radius 2 is 1.91 bits per heavy atom. The number of carbonyl (C=O) groups excluding carboxylic acids is 1. The zero-order chi connectivity index (χ0) is 22.9. The molecule has 0 aromatic heterocycles. The fraction of sp³-hybridized carbons (Fsp3) is 0.630. The number of allylic oxidation sites excluding steroid dienone is 1. The third-order valence-corrected chi connectivity index (χ3v) is 8.99. The number of hydrogen-bond donors (Lipinski definition) is 1. The van der Waals surface area contributed by atoms with E-state index in [1.54, 1.807) is 0 Å². The van der Waals surface area contributed by atoms with Gasteiger partial charge in [-0.15, -0.1) is 0 Å². The van der Waals surface area contributed by atoms with E-state index < -0.39 is 11.4 Å². The number of rotatable bonds is 5. The van der Waals surface area contributed by atoms with Crippen molar-refractivity contribution in [2.24, 2.45) is 10.8 Å². The smallest absolute Gasteiger partial charge is 0.309 e. The summed E-state index contributed by atoms with van der Waals surface area (Å²) in [4.78, 5) is 26.9. The number of nitrogens with zero attached hydrogens (tertiary/aromatic N) is 1. The van der Waals surface area contributed by atoms with Crippen LogP contribution in [-0.2, 0) is 21.4 Å². The van der Waals surface area contributed by atoms with Crippen LogP contribution in [0.5, 0.6) is 0 Å². The van der Waals surface area contributed by atoms with Crippen LogP contribution in [-0.4, -0.2) is 27.4 Å². The van der Waals surface area contributed by atoms with Gasteiger partial charge in [0.05, 0.1) is 11.0 Å². The predicted molar refractivity (Wildman–Crippen MR) is 126 cm³/mol. The molecular weight excluding hydrogens is 422 g/mol. The Kier molecular flexibility index (Phi) is 4.88. The molecule has 4 fully saturated rings. The SMILES string of the molecule is CC(C)(C)CCc1ccc([C@@]23CCCCC2=CN(C24CC(C(=O)O)(C2)C4)C(=O)C3)cc1Cl. The van der Waals surface area contributed by atoms with Crippen molar-refractivity contribution < 1.29 is 14.7 Å². The maximum absolute atomic E-state index is 13.4. The number of halogens is 1. The van der Waals surface area contributed by atoms with Crippen LogP contribution in [0.1, 0.15) is 89.7 Å². The van der Waals surface area contributed by atoms with E-state index in [2.05, 4.69) is 45.2 Å². The maximum atomic E-state index is 13.4. The van der Waals surface area contributed by atoms with Crippen LogP contribution >= 0.6 is 11.6 Å². The molecule has 1 aliphatic heterocycles. The molecule has 1 heterocycles. The van der Waals surface area contributed by atoms with Gasteiger partial charge in [0.25, 0.3) is 0 Å². The van der Waals surface area contributed by atoms with Crippen molar-refractivity contribution in [3.63, 3.8) is 0 Å². The van der Waals surface area contributed by atoms with Crippen molar-refractivity contribution in [1.82, 2.24) is 4.90 Å². The molecule has 172 valence electrons. The molecule has 4 saturated carbocycles. The molecule has 1 atom stereocenters. The highest BCUT2D eigenvalue weighted by Crippen LogP contribution is 2.71. The van der Waals surface area contributed by atoms with Crippen LogP contribution in [0, 0.1) is 10.8 Å². The molecule has 0 unspecified atom stereocenters. The highest BCUT2D eigenvalue weighted by molar-refractivity contribution is 6.31. The van der Waals surface area contributed by atoms with Crippen molar-refractivity contribution in [2.45, 2.75) is 95.9 Å². The van der Waals surface area contributed by atoms with Crippen molar-refractivity contribution in [2.75, 3.05) is 0 Å². The zero-order valence-corrected chi connectivity index (χ0v) is 20.2. The van der Waals surface area contributed by atoms with E-state index in [4.69, 9.17) is 11.6 Å². The van der Waals surface area contributed by atoms with Gasteiger partial charge in [0, 0.05) is 23.1 Å². The van der Waals surface area contributed by atoms with Gasteiger partial charge in [-0.3, -0.25) is 9.59 Å². The summed E-state index contributed by atoms with van der Waals surface area (Å²) in [5.74, 6) is -0.563. The standard InChI is InChI=1S/C27H34ClNO3/c1-24(2,3)11-9-18-7-8-19(12-21(18)28)27-10-5-4-6-20(27)14-29(22(30)13-27)26-15-25(16-26,17-26)23(31)32/h7-8,12,14H,4-6,9-11,13,15-17H2,1-3H3,(H,31,32)/t25?,26?,27-/m0/s1. The summed E-state index contributed by atoms with van der Waals surface area (Å²) in [6.45, 7) is 6.74. The lowest BCUT2D eigenvalue weighted by Gasteiger charge is -2.71. The monoisotopic (exact) mass is 455 g/mol. The molecule has 0 saturated heterocycles. The highest BCUT2D eigenvalue weighted by Gasteiger charge is 2.75. The first-order valence-corrected chi connectivity index (χ1v) is 12.4. The predicted octanol–water partition coefficient (Wildman–Crippen LogP) is 6.25. The number of carboxylic acids is 1. The number of aryl methyl sites for hydroxylation is 1. The van der Waals surface area contributed by atoms with Gasteiger partial charge < -0.3 is 10.0 Å². The van der Waals surface area contributed by atoms with E-state index in [1.165, 1.54) is 16.7 Å². The molecule has 2 bridgehead atoms. The minimum absolute atomic E-state index is 0.141. The van der Waals surface area contributed by atoms with E-state index >= 15 is 0 Å². The molecule has 6 rings (SSSR count). The Morgan fingerprint density at radius 3 is 2.53 bits per heavy atom. The lowest BCUT2D eigenvalue weighted by atomic mass is 9.38. The van der Waals surface area contributed by atoms with E-state index in [1.807, 2.05) is 4.90 Å². The molecule has 1 aromatic carbocycles. The summed E-state index contributed by atoms with van der Waals surface area (Å²) >= 11 is 6.76. The third kappa shape index (κ3) is 3.24. The van der Waals surface area contributed by atoms with Crippen LogP contribution in [0.2, 0.25) is 5.02 Å². The molecule has 4 nitrogen and oxygen atoms in total. The highest BCUT2D eigenvalue weighted by atomic mass is 35.5. The molecule has 5 heteroatoms. The Bertz CT molecular complexity index is 1000. The zero-order valence-electron chi connectivity index (χ0n) is 19.5. The first kappa shape index (κ1) is 22.0. The molecular formula is C27H34ClNO3. The first-order chi connectivity index (χ1) is 15.0. The van der Waals surface area contributed by atoms with E-state index in [9.17, 15) is 14.7 Å². The normalized spacial score (nSPS) is 33.7. The average molecular weight is 456 g/mol. The van der Waals surface area contributed by atoms with Gasteiger partial charge in [0.1, 0.15) is 0 Å². The number of carbonyl (C=O) groups is 2. The van der Waals surface area contributed by atoms with Gasteiger partial charge in [-0.25, -0.2) is 0 Å². The number of benzene rings is 1. The maximum Gasteiger partial charge on any atom is 0.309 e. The van der Waals surface area contributed by atoms with Gasteiger partial charge in [0.15, 0.2) is 0 Å². The second kappa shape index (κ2) is 7.09. The molecule has 5 aliphatic rings. The molecule has 0 spiro atoms. The van der Waals surface area contributed by atoms with Crippen molar-refractivity contribution in [1.29, 1.82) is 0 Å². The van der Waals surface area contributed by atoms with E-state index in [0.717, 1.165) is 43.5 Å². The Morgan fingerprint density at radius 1 is 1.19 bits per heavy atom. The van der Waals surface area contributed by atoms with Gasteiger partial charge in [-0.05, 0) is 79.5 Å². The topological polar surface area (TPSA) is 57.6 Å². The van der Waals surface area contributed by atoms with Crippen LogP contribution in [0.25, 0.3) is 0 Å². The molecule has 4 aliphatic carbocycles. The third-order valence-electron chi connectivity index (χ3n) is 8.64. The van der Waals surface area contributed by atoms with Crippen molar-refractivity contribution in [3.05, 3.63) is 46.1 Å². The first-order valence-electron chi connectivity index (χ1n) is 12.0. The number of amides is 1. The van der Waals surface area contributed by atoms with Crippen LogP contribution in [0.15, 0.2) is 30.0 Å². The van der Waals surface area contributed by atoms with Crippen LogP contribution in [0.4, 0.5) is 0 Å². The van der Waals surface area contributed by atoms with Gasteiger partial charge in [-0.2, -0.15) is 0 Å². The van der Waals surface area contributed by atoms with Gasteiger partial charge in [0.2, 0.25) is 5.91 Å². The molecule has 1 aromatic rings. The lowest BCUT2D eigenvalue weighted by Crippen LogP contribution is -2.77. The van der Waals surface area contributed by atoms with E-state index in [0.29, 0.717) is 25.7 Å². The number of fused-ring (bicyclic) bond motifs is 1. The van der Waals surface area contributed by atoms with Gasteiger partial charge in [-0.1, -0.05) is 50.9 Å². The fourth-order valence-electron chi connectivity index (χ4n) is 6.71. The quantitative estimate of drug-likeness (QED) is 0.570. The fourth-order valence-corrected chi connectivity index (χ4v) is 6.99. The second-order valence-electron chi connectivity index (χ2n) is 12.1. The largest absolute Gasteiger partial charge is 0.481 e. The summed E-state index contributed by atoms with van der Waals surface area (Å²) in [6, 6.07) is 6.48. The molecule has 1 N–H and O–H groups in total. The summed E-state index contributed by atoms with van der Waals surface area (Å²) in [7, 11) is 0. The minimum Gasteiger partial charge on any atom is -0.481 e. The van der Waals surface area contributed by atoms with Crippen LogP contribution in [0.3, 0.4) is 0 Å².